The SMILES string of the molecule is CC(C)(C(=O)c1ccc(F)c(F)c1)N1CCCCCC1. The summed E-state index contributed by atoms with van der Waals surface area (Å²) in [6.45, 7) is 5.48. The maximum atomic E-state index is 13.3. The van der Waals surface area contributed by atoms with Gasteiger partial charge in [0.1, 0.15) is 0 Å². The molecule has 2 rings (SSSR count). The highest BCUT2D eigenvalue weighted by Crippen LogP contribution is 2.25. The zero-order valence-electron chi connectivity index (χ0n) is 12.1. The molecular weight excluding hydrogens is 260 g/mol. The van der Waals surface area contributed by atoms with Gasteiger partial charge in [0.15, 0.2) is 17.4 Å². The second-order valence-electron chi connectivity index (χ2n) is 5.92. The molecule has 1 aromatic rings. The molecule has 0 aromatic heterocycles. The number of ketones is 1. The summed E-state index contributed by atoms with van der Waals surface area (Å²) < 4.78 is 26.3. The van der Waals surface area contributed by atoms with E-state index in [9.17, 15) is 13.6 Å². The Bertz CT molecular complexity index is 491. The van der Waals surface area contributed by atoms with E-state index in [1.54, 1.807) is 0 Å². The van der Waals surface area contributed by atoms with Crippen LogP contribution in [-0.2, 0) is 0 Å². The Morgan fingerprint density at radius 1 is 1.05 bits per heavy atom. The van der Waals surface area contributed by atoms with E-state index in [-0.39, 0.29) is 11.3 Å². The predicted octanol–water partition coefficient (Wildman–Crippen LogP) is 3.80. The minimum Gasteiger partial charge on any atom is -0.292 e. The maximum absolute atomic E-state index is 13.3. The molecule has 20 heavy (non-hydrogen) atoms. The summed E-state index contributed by atoms with van der Waals surface area (Å²) >= 11 is 0. The van der Waals surface area contributed by atoms with E-state index in [1.807, 2.05) is 13.8 Å². The molecule has 1 aliphatic heterocycles. The van der Waals surface area contributed by atoms with Crippen molar-refractivity contribution in [1.29, 1.82) is 0 Å². The Morgan fingerprint density at radius 2 is 1.65 bits per heavy atom. The van der Waals surface area contributed by atoms with E-state index in [1.165, 1.54) is 18.9 Å². The van der Waals surface area contributed by atoms with E-state index in [0.717, 1.165) is 38.1 Å². The van der Waals surface area contributed by atoms with Gasteiger partial charge in [-0.3, -0.25) is 9.69 Å². The number of rotatable bonds is 3. The minimum absolute atomic E-state index is 0.154. The van der Waals surface area contributed by atoms with Gasteiger partial charge in [-0.2, -0.15) is 0 Å². The molecule has 1 heterocycles. The van der Waals surface area contributed by atoms with Crippen molar-refractivity contribution in [2.45, 2.75) is 45.1 Å². The number of hydrogen-bond acceptors (Lipinski definition) is 2. The van der Waals surface area contributed by atoms with Gasteiger partial charge in [0, 0.05) is 5.56 Å². The fourth-order valence-corrected chi connectivity index (χ4v) is 2.76. The van der Waals surface area contributed by atoms with E-state index in [0.29, 0.717) is 0 Å². The van der Waals surface area contributed by atoms with Crippen molar-refractivity contribution in [2.75, 3.05) is 13.1 Å². The predicted molar refractivity (Wildman–Crippen MR) is 74.8 cm³/mol. The van der Waals surface area contributed by atoms with Crippen LogP contribution in [0.1, 0.15) is 49.9 Å². The van der Waals surface area contributed by atoms with E-state index < -0.39 is 17.2 Å². The molecule has 2 nitrogen and oxygen atoms in total. The Hall–Kier alpha value is -1.29. The molecule has 0 saturated carbocycles. The zero-order valence-corrected chi connectivity index (χ0v) is 12.1. The summed E-state index contributed by atoms with van der Waals surface area (Å²) in [6.07, 6.45) is 4.53. The Morgan fingerprint density at radius 3 is 2.20 bits per heavy atom. The first-order valence-corrected chi connectivity index (χ1v) is 7.18. The summed E-state index contributed by atoms with van der Waals surface area (Å²) in [4.78, 5) is 14.8. The summed E-state index contributed by atoms with van der Waals surface area (Å²) in [5.41, 5.74) is -0.452. The van der Waals surface area contributed by atoms with Crippen molar-refractivity contribution in [3.05, 3.63) is 35.4 Å². The van der Waals surface area contributed by atoms with Gasteiger partial charge >= 0.3 is 0 Å². The first-order chi connectivity index (χ1) is 9.43. The fourth-order valence-electron chi connectivity index (χ4n) is 2.76. The molecule has 0 radical (unpaired) electrons. The third kappa shape index (κ3) is 3.06. The lowest BCUT2D eigenvalue weighted by molar-refractivity contribution is 0.0649. The number of carbonyl (C=O) groups is 1. The number of benzene rings is 1. The van der Waals surface area contributed by atoms with Crippen LogP contribution in [0.3, 0.4) is 0 Å². The zero-order chi connectivity index (χ0) is 14.8. The van der Waals surface area contributed by atoms with Crippen molar-refractivity contribution in [1.82, 2.24) is 4.90 Å². The molecule has 110 valence electrons. The van der Waals surface area contributed by atoms with Crippen LogP contribution in [0.5, 0.6) is 0 Å². The highest BCUT2D eigenvalue weighted by atomic mass is 19.2. The molecule has 0 atom stereocenters. The number of nitrogens with zero attached hydrogens (tertiary/aromatic N) is 1. The Balaban J connectivity index is 2.22. The summed E-state index contributed by atoms with van der Waals surface area (Å²) in [7, 11) is 0. The van der Waals surface area contributed by atoms with Crippen LogP contribution in [-0.4, -0.2) is 29.3 Å². The number of hydrogen-bond donors (Lipinski definition) is 0. The van der Waals surface area contributed by atoms with E-state index in [2.05, 4.69) is 4.90 Å². The van der Waals surface area contributed by atoms with Gasteiger partial charge < -0.3 is 0 Å². The van der Waals surface area contributed by atoms with Crippen LogP contribution in [0.2, 0.25) is 0 Å². The van der Waals surface area contributed by atoms with Crippen molar-refractivity contribution in [3.8, 4) is 0 Å². The smallest absolute Gasteiger partial charge is 0.182 e. The summed E-state index contributed by atoms with van der Waals surface area (Å²) in [5.74, 6) is -2.05. The van der Waals surface area contributed by atoms with Gasteiger partial charge in [-0.05, 0) is 58.0 Å². The van der Waals surface area contributed by atoms with Crippen LogP contribution < -0.4 is 0 Å². The molecule has 1 aromatic carbocycles. The van der Waals surface area contributed by atoms with Crippen LogP contribution in [0.25, 0.3) is 0 Å². The molecule has 0 N–H and O–H groups in total. The summed E-state index contributed by atoms with van der Waals surface area (Å²) in [6, 6.07) is 3.37. The maximum Gasteiger partial charge on any atom is 0.182 e. The molecule has 0 spiro atoms. The topological polar surface area (TPSA) is 20.3 Å². The lowest BCUT2D eigenvalue weighted by Gasteiger charge is -2.36. The normalized spacial score (nSPS) is 17.8. The molecule has 0 unspecified atom stereocenters. The highest BCUT2D eigenvalue weighted by molar-refractivity contribution is 6.02. The van der Waals surface area contributed by atoms with Crippen LogP contribution in [0, 0.1) is 11.6 Å². The molecular formula is C16H21F2NO. The monoisotopic (exact) mass is 281 g/mol. The minimum atomic E-state index is -0.970. The van der Waals surface area contributed by atoms with Crippen LogP contribution in [0.4, 0.5) is 8.78 Å². The molecule has 1 saturated heterocycles. The lowest BCUT2D eigenvalue weighted by Crippen LogP contribution is -2.50. The van der Waals surface area contributed by atoms with E-state index >= 15 is 0 Å². The largest absolute Gasteiger partial charge is 0.292 e. The molecule has 0 aliphatic carbocycles. The quantitative estimate of drug-likeness (QED) is 0.785. The molecule has 0 amide bonds. The van der Waals surface area contributed by atoms with Gasteiger partial charge in [0.2, 0.25) is 0 Å². The Labute approximate surface area is 118 Å². The number of halogens is 2. The summed E-state index contributed by atoms with van der Waals surface area (Å²) in [5, 5.41) is 0. The third-order valence-corrected chi connectivity index (χ3v) is 4.13. The number of Topliss-reactive ketones (excluding diaryl/α,β-unsaturated/α-hetero) is 1. The molecule has 1 fully saturated rings. The number of carbonyl (C=O) groups excluding carboxylic acids is 1. The van der Waals surface area contributed by atoms with Crippen molar-refractivity contribution in [2.24, 2.45) is 0 Å². The first kappa shape index (κ1) is 15.1. The highest BCUT2D eigenvalue weighted by Gasteiger charge is 2.35. The Kier molecular flexibility index (Phi) is 4.53. The van der Waals surface area contributed by atoms with Crippen LogP contribution >= 0.6 is 0 Å². The van der Waals surface area contributed by atoms with Gasteiger partial charge in [-0.1, -0.05) is 12.8 Å². The fraction of sp³-hybridized carbons (Fsp3) is 0.562. The second kappa shape index (κ2) is 6.00. The van der Waals surface area contributed by atoms with Crippen molar-refractivity contribution < 1.29 is 13.6 Å². The molecule has 1 aliphatic rings. The lowest BCUT2D eigenvalue weighted by atomic mass is 9.91. The van der Waals surface area contributed by atoms with Gasteiger partial charge in [0.05, 0.1) is 5.54 Å². The standard InChI is InChI=1S/C16H21F2NO/c1-16(2,19-9-5-3-4-6-10-19)15(20)12-7-8-13(17)14(18)11-12/h7-8,11H,3-6,9-10H2,1-2H3. The van der Waals surface area contributed by atoms with Gasteiger partial charge in [0.25, 0.3) is 0 Å². The molecule has 4 heteroatoms. The van der Waals surface area contributed by atoms with E-state index in [4.69, 9.17) is 0 Å². The van der Waals surface area contributed by atoms with Gasteiger partial charge in [-0.25, -0.2) is 8.78 Å². The van der Waals surface area contributed by atoms with Crippen molar-refractivity contribution in [3.63, 3.8) is 0 Å². The first-order valence-electron chi connectivity index (χ1n) is 7.18. The van der Waals surface area contributed by atoms with Crippen LogP contribution in [0.15, 0.2) is 18.2 Å². The average Bonchev–Trinajstić information content (AvgIpc) is 2.70. The van der Waals surface area contributed by atoms with Gasteiger partial charge in [-0.15, -0.1) is 0 Å². The van der Waals surface area contributed by atoms with Crippen molar-refractivity contribution >= 4 is 5.78 Å². The number of likely N-dealkylation sites (tertiary alicyclic amines) is 1. The molecule has 0 bridgehead atoms. The average molecular weight is 281 g/mol. The third-order valence-electron chi connectivity index (χ3n) is 4.13. The second-order valence-corrected chi connectivity index (χ2v) is 5.92.